The molecular formula is C23H18ClN3OS. The second-order valence-electron chi connectivity index (χ2n) is 6.75. The van der Waals surface area contributed by atoms with Gasteiger partial charge in [0.05, 0.1) is 16.4 Å². The first kappa shape index (κ1) is 19.3. The Hall–Kier alpha value is -3.02. The zero-order valence-corrected chi connectivity index (χ0v) is 17.5. The predicted molar refractivity (Wildman–Crippen MR) is 121 cm³/mol. The van der Waals surface area contributed by atoms with E-state index >= 15 is 0 Å². The number of hydrogen-bond donors (Lipinski definition) is 0. The van der Waals surface area contributed by atoms with E-state index in [0.29, 0.717) is 15.7 Å². The molecular weight excluding hydrogens is 402 g/mol. The molecule has 1 aromatic heterocycles. The summed E-state index contributed by atoms with van der Waals surface area (Å²) >= 11 is 7.52. The average molecular weight is 420 g/mol. The third-order valence-electron chi connectivity index (χ3n) is 4.38. The number of nitrogens with zero attached hydrogens (tertiary/aromatic N) is 3. The van der Waals surface area contributed by atoms with Gasteiger partial charge in [0.15, 0.2) is 0 Å². The van der Waals surface area contributed by atoms with Gasteiger partial charge in [0.2, 0.25) is 5.13 Å². The van der Waals surface area contributed by atoms with Crippen molar-refractivity contribution in [3.63, 3.8) is 0 Å². The van der Waals surface area contributed by atoms with Gasteiger partial charge >= 0.3 is 0 Å². The van der Waals surface area contributed by atoms with E-state index in [0.717, 1.165) is 26.9 Å². The normalized spacial score (nSPS) is 11.3. The quantitative estimate of drug-likeness (QED) is 0.290. The van der Waals surface area contributed by atoms with Gasteiger partial charge < -0.3 is 0 Å². The zero-order chi connectivity index (χ0) is 20.4. The lowest BCUT2D eigenvalue weighted by Crippen LogP contribution is -2.25. The van der Waals surface area contributed by atoms with Gasteiger partial charge in [0, 0.05) is 10.6 Å². The highest BCUT2D eigenvalue weighted by Crippen LogP contribution is 2.31. The van der Waals surface area contributed by atoms with Gasteiger partial charge in [0.25, 0.3) is 5.91 Å². The number of anilines is 1. The minimum Gasteiger partial charge on any atom is -0.267 e. The molecule has 0 radical (unpaired) electrons. The Morgan fingerprint density at radius 2 is 1.79 bits per heavy atom. The van der Waals surface area contributed by atoms with Gasteiger partial charge in [-0.2, -0.15) is 10.1 Å². The molecule has 0 N–H and O–H groups in total. The van der Waals surface area contributed by atoms with Gasteiger partial charge in [-0.15, -0.1) is 0 Å². The molecule has 0 aliphatic carbocycles. The minimum absolute atomic E-state index is 0.286. The number of hydrogen-bond acceptors (Lipinski definition) is 4. The highest BCUT2D eigenvalue weighted by molar-refractivity contribution is 7.22. The van der Waals surface area contributed by atoms with Gasteiger partial charge in [0.1, 0.15) is 0 Å². The molecule has 0 saturated carbocycles. The lowest BCUT2D eigenvalue weighted by molar-refractivity contribution is 0.0988. The molecule has 0 bridgehead atoms. The van der Waals surface area contributed by atoms with Crippen LogP contribution >= 0.6 is 22.9 Å². The smallest absolute Gasteiger partial charge is 0.267 e. The number of halogens is 1. The maximum absolute atomic E-state index is 13.2. The number of amides is 1. The molecule has 0 aliphatic rings. The predicted octanol–water partition coefficient (Wildman–Crippen LogP) is 6.25. The van der Waals surface area contributed by atoms with Crippen LogP contribution in [-0.2, 0) is 0 Å². The van der Waals surface area contributed by atoms with E-state index in [-0.39, 0.29) is 5.91 Å². The van der Waals surface area contributed by atoms with Crippen molar-refractivity contribution in [3.05, 3.63) is 94.0 Å². The number of aryl methyl sites for hydroxylation is 2. The van der Waals surface area contributed by atoms with Gasteiger partial charge in [-0.05, 0) is 55.3 Å². The summed E-state index contributed by atoms with van der Waals surface area (Å²) in [7, 11) is 0. The second-order valence-corrected chi connectivity index (χ2v) is 8.20. The molecule has 0 saturated heterocycles. The Morgan fingerprint density at radius 1 is 1.03 bits per heavy atom. The van der Waals surface area contributed by atoms with Crippen molar-refractivity contribution < 1.29 is 4.79 Å². The van der Waals surface area contributed by atoms with E-state index in [9.17, 15) is 4.79 Å². The summed E-state index contributed by atoms with van der Waals surface area (Å²) in [5, 5.41) is 6.83. The summed E-state index contributed by atoms with van der Waals surface area (Å²) in [6.45, 7) is 4.06. The molecule has 6 heteroatoms. The van der Waals surface area contributed by atoms with Crippen molar-refractivity contribution in [2.75, 3.05) is 5.01 Å². The molecule has 3 aromatic carbocycles. The largest absolute Gasteiger partial charge is 0.280 e. The second kappa shape index (κ2) is 8.15. The number of aromatic nitrogens is 1. The molecule has 4 rings (SSSR count). The Labute approximate surface area is 178 Å². The third-order valence-corrected chi connectivity index (χ3v) is 5.61. The topological polar surface area (TPSA) is 45.6 Å². The molecule has 4 aromatic rings. The Morgan fingerprint density at radius 3 is 2.55 bits per heavy atom. The van der Waals surface area contributed by atoms with Crippen LogP contribution < -0.4 is 5.01 Å². The number of benzene rings is 3. The molecule has 4 nitrogen and oxygen atoms in total. The van der Waals surface area contributed by atoms with E-state index in [2.05, 4.69) is 16.2 Å². The van der Waals surface area contributed by atoms with Crippen molar-refractivity contribution >= 4 is 50.4 Å². The van der Waals surface area contributed by atoms with E-state index in [1.165, 1.54) is 16.3 Å². The van der Waals surface area contributed by atoms with Gasteiger partial charge in [-0.1, -0.05) is 64.9 Å². The molecule has 0 aliphatic heterocycles. The number of fused-ring (bicyclic) bond motifs is 1. The minimum atomic E-state index is -0.286. The molecule has 0 unspecified atom stereocenters. The summed E-state index contributed by atoms with van der Waals surface area (Å²) < 4.78 is 1.01. The molecule has 1 amide bonds. The highest BCUT2D eigenvalue weighted by atomic mass is 35.5. The lowest BCUT2D eigenvalue weighted by atomic mass is 10.2. The molecule has 29 heavy (non-hydrogen) atoms. The van der Waals surface area contributed by atoms with Crippen molar-refractivity contribution in [1.29, 1.82) is 0 Å². The van der Waals surface area contributed by atoms with Crippen LogP contribution in [0.2, 0.25) is 5.02 Å². The standard InChI is InChI=1S/C23H18ClN3OS/c1-15-6-9-17(10-7-15)14-25-27(22(28)18-4-3-5-19(24)13-18)23-26-20-11-8-16(2)12-21(20)29-23/h3-14H,1-2H3/b25-14+. The summed E-state index contributed by atoms with van der Waals surface area (Å²) in [4.78, 5) is 17.9. The SMILES string of the molecule is Cc1ccc(/C=N/N(C(=O)c2cccc(Cl)c2)c2nc3ccc(C)cc3s2)cc1. The number of carbonyl (C=O) groups is 1. The monoisotopic (exact) mass is 419 g/mol. The fourth-order valence-corrected chi connectivity index (χ4v) is 4.03. The molecule has 0 spiro atoms. The first-order valence-corrected chi connectivity index (χ1v) is 10.3. The highest BCUT2D eigenvalue weighted by Gasteiger charge is 2.21. The Balaban J connectivity index is 1.76. The number of carbonyl (C=O) groups excluding carboxylic acids is 1. The van der Waals surface area contributed by atoms with Gasteiger partial charge in [-0.3, -0.25) is 4.79 Å². The fourth-order valence-electron chi connectivity index (χ4n) is 2.82. The lowest BCUT2D eigenvalue weighted by Gasteiger charge is -2.14. The summed E-state index contributed by atoms with van der Waals surface area (Å²) in [5.41, 5.74) is 4.49. The fraction of sp³-hybridized carbons (Fsp3) is 0.0870. The van der Waals surface area contributed by atoms with Gasteiger partial charge in [-0.25, -0.2) is 4.98 Å². The number of hydrazone groups is 1. The summed E-state index contributed by atoms with van der Waals surface area (Å²) in [6, 6.07) is 20.8. The number of rotatable bonds is 4. The van der Waals surface area contributed by atoms with Crippen molar-refractivity contribution in [3.8, 4) is 0 Å². The summed E-state index contributed by atoms with van der Waals surface area (Å²) in [5.74, 6) is -0.286. The van der Waals surface area contributed by atoms with E-state index in [1.54, 1.807) is 30.5 Å². The van der Waals surface area contributed by atoms with Crippen molar-refractivity contribution in [2.24, 2.45) is 5.10 Å². The summed E-state index contributed by atoms with van der Waals surface area (Å²) in [6.07, 6.45) is 1.67. The van der Waals surface area contributed by atoms with Crippen molar-refractivity contribution in [1.82, 2.24) is 4.98 Å². The maximum Gasteiger partial charge on any atom is 0.280 e. The Bertz CT molecular complexity index is 1210. The van der Waals surface area contributed by atoms with Crippen LogP contribution in [0.1, 0.15) is 27.0 Å². The third kappa shape index (κ3) is 4.36. The first-order chi connectivity index (χ1) is 14.0. The average Bonchev–Trinajstić information content (AvgIpc) is 3.12. The Kier molecular flexibility index (Phi) is 5.43. The first-order valence-electron chi connectivity index (χ1n) is 9.07. The van der Waals surface area contributed by atoms with Crippen LogP contribution in [0.15, 0.2) is 71.8 Å². The van der Waals surface area contributed by atoms with E-state index in [1.807, 2.05) is 50.2 Å². The zero-order valence-electron chi connectivity index (χ0n) is 16.0. The molecule has 0 atom stereocenters. The van der Waals surface area contributed by atoms with Crippen LogP contribution in [0.25, 0.3) is 10.2 Å². The molecule has 1 heterocycles. The maximum atomic E-state index is 13.2. The van der Waals surface area contributed by atoms with Crippen LogP contribution in [0, 0.1) is 13.8 Å². The van der Waals surface area contributed by atoms with E-state index < -0.39 is 0 Å². The van der Waals surface area contributed by atoms with Crippen LogP contribution in [0.5, 0.6) is 0 Å². The molecule has 144 valence electrons. The molecule has 0 fully saturated rings. The van der Waals surface area contributed by atoms with Crippen molar-refractivity contribution in [2.45, 2.75) is 13.8 Å². The van der Waals surface area contributed by atoms with E-state index in [4.69, 9.17) is 11.6 Å². The van der Waals surface area contributed by atoms with Crippen LogP contribution in [0.4, 0.5) is 5.13 Å². The van der Waals surface area contributed by atoms with Crippen LogP contribution in [-0.4, -0.2) is 17.1 Å². The van der Waals surface area contributed by atoms with Crippen LogP contribution in [0.3, 0.4) is 0 Å². The number of thiazole rings is 1.